The molecule has 1 aromatic heterocycles. The highest BCUT2D eigenvalue weighted by Crippen LogP contribution is 2.31. The van der Waals surface area contributed by atoms with E-state index < -0.39 is 0 Å². The molecule has 26 heavy (non-hydrogen) atoms. The molecule has 0 radical (unpaired) electrons. The molecule has 0 bridgehead atoms. The predicted octanol–water partition coefficient (Wildman–Crippen LogP) is 4.14. The number of rotatable bonds is 9. The molecule has 0 aliphatic rings. The van der Waals surface area contributed by atoms with E-state index in [2.05, 4.69) is 31.4 Å². The van der Waals surface area contributed by atoms with Crippen LogP contribution >= 0.6 is 15.9 Å². The molecule has 0 aliphatic heterocycles. The number of nitrogens with one attached hydrogen (secondary N) is 2. The number of halogens is 2. The van der Waals surface area contributed by atoms with Gasteiger partial charge in [-0.05, 0) is 50.3 Å². The van der Waals surface area contributed by atoms with Crippen molar-refractivity contribution in [3.05, 3.63) is 46.7 Å². The third-order valence-electron chi connectivity index (χ3n) is 3.93. The Bertz CT molecular complexity index is 869. The lowest BCUT2D eigenvalue weighted by Gasteiger charge is -2.08. The van der Waals surface area contributed by atoms with Crippen LogP contribution in [0.5, 0.6) is 5.75 Å². The van der Waals surface area contributed by atoms with Crippen LogP contribution in [0.4, 0.5) is 4.39 Å². The molecule has 138 valence electrons. The summed E-state index contributed by atoms with van der Waals surface area (Å²) in [7, 11) is 1.91. The van der Waals surface area contributed by atoms with Gasteiger partial charge in [-0.2, -0.15) is 5.10 Å². The molecule has 0 amide bonds. The summed E-state index contributed by atoms with van der Waals surface area (Å²) in [5.74, 6) is 0.112. The number of hydrogen-bond donors (Lipinski definition) is 2. The second kappa shape index (κ2) is 9.12. The molecule has 0 aliphatic carbocycles. The largest absolute Gasteiger partial charge is 0.491 e. The first-order valence-corrected chi connectivity index (χ1v) is 9.27. The van der Waals surface area contributed by atoms with Crippen molar-refractivity contribution in [2.45, 2.75) is 6.42 Å². The molecule has 0 saturated carbocycles. The summed E-state index contributed by atoms with van der Waals surface area (Å²) in [6.45, 7) is 2.47. The minimum absolute atomic E-state index is 0.367. The van der Waals surface area contributed by atoms with E-state index in [1.807, 2.05) is 25.2 Å². The second-order valence-corrected chi connectivity index (χ2v) is 6.74. The second-order valence-electron chi connectivity index (χ2n) is 5.82. The van der Waals surface area contributed by atoms with E-state index in [4.69, 9.17) is 9.47 Å². The summed E-state index contributed by atoms with van der Waals surface area (Å²) in [4.78, 5) is 0. The molecule has 0 saturated heterocycles. The summed E-state index contributed by atoms with van der Waals surface area (Å²) in [5.41, 5.74) is 1.88. The van der Waals surface area contributed by atoms with Gasteiger partial charge >= 0.3 is 0 Å². The third kappa shape index (κ3) is 4.60. The number of H-pyrrole nitrogens is 1. The van der Waals surface area contributed by atoms with Gasteiger partial charge in [0.2, 0.25) is 0 Å². The molecule has 0 spiro atoms. The number of nitrogens with zero attached hydrogens (tertiary/aromatic N) is 1. The lowest BCUT2D eigenvalue weighted by atomic mass is 10.1. The van der Waals surface area contributed by atoms with Crippen molar-refractivity contribution in [3.8, 4) is 17.0 Å². The standard InChI is InChI=1S/C19H21BrFN3O2/c1-22-7-2-8-25-9-10-26-14-4-6-15(17(21)12-14)19-16-5-3-13(20)11-18(16)23-24-19/h3-6,11-12,22H,2,7-10H2,1H3,(H,23,24). The fourth-order valence-electron chi connectivity index (χ4n) is 2.65. The number of hydrogen-bond acceptors (Lipinski definition) is 4. The highest BCUT2D eigenvalue weighted by atomic mass is 79.9. The Morgan fingerprint density at radius 3 is 2.85 bits per heavy atom. The van der Waals surface area contributed by atoms with E-state index in [0.29, 0.717) is 36.8 Å². The molecule has 2 N–H and O–H groups in total. The maximum absolute atomic E-state index is 14.6. The van der Waals surface area contributed by atoms with Gasteiger partial charge in [0.25, 0.3) is 0 Å². The fraction of sp³-hybridized carbons (Fsp3) is 0.316. The molecule has 0 unspecified atom stereocenters. The Hall–Kier alpha value is -1.96. The number of aromatic nitrogens is 2. The summed E-state index contributed by atoms with van der Waals surface area (Å²) < 4.78 is 26.5. The van der Waals surface area contributed by atoms with Crippen molar-refractivity contribution >= 4 is 26.8 Å². The van der Waals surface area contributed by atoms with Gasteiger partial charge in [-0.25, -0.2) is 4.39 Å². The number of benzene rings is 2. The minimum atomic E-state index is -0.367. The Labute approximate surface area is 160 Å². The van der Waals surface area contributed by atoms with Crippen LogP contribution in [0.2, 0.25) is 0 Å². The van der Waals surface area contributed by atoms with E-state index >= 15 is 0 Å². The normalized spacial score (nSPS) is 11.2. The maximum Gasteiger partial charge on any atom is 0.136 e. The molecular formula is C19H21BrFN3O2. The Balaban J connectivity index is 1.62. The molecule has 0 atom stereocenters. The van der Waals surface area contributed by atoms with Crippen LogP contribution in [0.1, 0.15) is 6.42 Å². The molecule has 5 nitrogen and oxygen atoms in total. The average molecular weight is 422 g/mol. The van der Waals surface area contributed by atoms with Crippen molar-refractivity contribution in [2.75, 3.05) is 33.4 Å². The zero-order valence-electron chi connectivity index (χ0n) is 14.5. The summed E-state index contributed by atoms with van der Waals surface area (Å²) >= 11 is 3.42. The van der Waals surface area contributed by atoms with Gasteiger partial charge in [0.05, 0.1) is 12.1 Å². The lowest BCUT2D eigenvalue weighted by molar-refractivity contribution is 0.0985. The Morgan fingerprint density at radius 2 is 2.04 bits per heavy atom. The molecule has 3 rings (SSSR count). The van der Waals surface area contributed by atoms with Crippen LogP contribution in [-0.2, 0) is 4.74 Å². The summed E-state index contributed by atoms with van der Waals surface area (Å²) in [6.07, 6.45) is 0.952. The van der Waals surface area contributed by atoms with Crippen LogP contribution in [-0.4, -0.2) is 43.6 Å². The highest BCUT2D eigenvalue weighted by molar-refractivity contribution is 9.10. The van der Waals surface area contributed by atoms with Crippen molar-refractivity contribution in [1.82, 2.24) is 15.5 Å². The number of fused-ring (bicyclic) bond motifs is 1. The van der Waals surface area contributed by atoms with Gasteiger partial charge in [-0.3, -0.25) is 5.10 Å². The monoisotopic (exact) mass is 421 g/mol. The molecule has 2 aromatic carbocycles. The van der Waals surface area contributed by atoms with E-state index in [-0.39, 0.29) is 5.82 Å². The maximum atomic E-state index is 14.6. The van der Waals surface area contributed by atoms with Crippen LogP contribution < -0.4 is 10.1 Å². The van der Waals surface area contributed by atoms with E-state index in [9.17, 15) is 4.39 Å². The Morgan fingerprint density at radius 1 is 1.15 bits per heavy atom. The zero-order chi connectivity index (χ0) is 18.4. The zero-order valence-corrected chi connectivity index (χ0v) is 16.1. The quantitative estimate of drug-likeness (QED) is 0.509. The van der Waals surface area contributed by atoms with Crippen molar-refractivity contribution in [3.63, 3.8) is 0 Å². The SMILES string of the molecule is CNCCCOCCOc1ccc(-c2n[nH]c3cc(Br)ccc23)c(F)c1. The van der Waals surface area contributed by atoms with Gasteiger partial charge in [0, 0.05) is 28.1 Å². The third-order valence-corrected chi connectivity index (χ3v) is 4.43. The number of aromatic amines is 1. The van der Waals surface area contributed by atoms with E-state index in [1.165, 1.54) is 6.07 Å². The van der Waals surface area contributed by atoms with Gasteiger partial charge < -0.3 is 14.8 Å². The Kier molecular flexibility index (Phi) is 6.60. The van der Waals surface area contributed by atoms with Gasteiger partial charge in [0.1, 0.15) is 23.9 Å². The van der Waals surface area contributed by atoms with Crippen molar-refractivity contribution in [2.24, 2.45) is 0 Å². The predicted molar refractivity (Wildman–Crippen MR) is 104 cm³/mol. The van der Waals surface area contributed by atoms with Crippen LogP contribution in [0, 0.1) is 5.82 Å². The summed E-state index contributed by atoms with van der Waals surface area (Å²) in [5, 5.41) is 11.1. The minimum Gasteiger partial charge on any atom is -0.491 e. The summed E-state index contributed by atoms with van der Waals surface area (Å²) in [6, 6.07) is 10.6. The highest BCUT2D eigenvalue weighted by Gasteiger charge is 2.13. The average Bonchev–Trinajstić information content (AvgIpc) is 3.04. The first-order chi connectivity index (χ1) is 12.7. The van der Waals surface area contributed by atoms with E-state index in [1.54, 1.807) is 12.1 Å². The first kappa shape index (κ1) is 18.8. The van der Waals surface area contributed by atoms with Crippen molar-refractivity contribution < 1.29 is 13.9 Å². The van der Waals surface area contributed by atoms with Crippen LogP contribution in [0.3, 0.4) is 0 Å². The van der Waals surface area contributed by atoms with Crippen molar-refractivity contribution in [1.29, 1.82) is 0 Å². The smallest absolute Gasteiger partial charge is 0.136 e. The topological polar surface area (TPSA) is 59.2 Å². The molecular weight excluding hydrogens is 401 g/mol. The molecule has 0 fully saturated rings. The van der Waals surface area contributed by atoms with Crippen LogP contribution in [0.25, 0.3) is 22.2 Å². The number of ether oxygens (including phenoxy) is 2. The molecule has 3 aromatic rings. The molecule has 7 heteroatoms. The van der Waals surface area contributed by atoms with Gasteiger partial charge in [-0.15, -0.1) is 0 Å². The van der Waals surface area contributed by atoms with Crippen LogP contribution in [0.15, 0.2) is 40.9 Å². The first-order valence-electron chi connectivity index (χ1n) is 8.47. The fourth-order valence-corrected chi connectivity index (χ4v) is 3.01. The van der Waals surface area contributed by atoms with Gasteiger partial charge in [0.15, 0.2) is 0 Å². The van der Waals surface area contributed by atoms with E-state index in [0.717, 1.165) is 28.3 Å². The molecule has 1 heterocycles. The van der Waals surface area contributed by atoms with Gasteiger partial charge in [-0.1, -0.05) is 15.9 Å². The lowest BCUT2D eigenvalue weighted by Crippen LogP contribution is -2.13.